The summed E-state index contributed by atoms with van der Waals surface area (Å²) in [6, 6.07) is 9.23. The molecule has 0 aromatic heterocycles. The Balaban J connectivity index is 2.96. The van der Waals surface area contributed by atoms with Crippen LogP contribution in [-0.2, 0) is 10.8 Å². The first-order valence-electron chi connectivity index (χ1n) is 6.05. The summed E-state index contributed by atoms with van der Waals surface area (Å²) in [5.41, 5.74) is -0.433. The first-order chi connectivity index (χ1) is 8.44. The van der Waals surface area contributed by atoms with Crippen LogP contribution in [0, 0.1) is 18.3 Å². The lowest BCUT2D eigenvalue weighted by Crippen LogP contribution is -2.41. The van der Waals surface area contributed by atoms with Gasteiger partial charge in [-0.1, -0.05) is 31.0 Å². The number of aliphatic hydroxyl groups is 1. The average molecular weight is 265 g/mol. The van der Waals surface area contributed by atoms with E-state index in [4.69, 9.17) is 5.26 Å². The highest BCUT2D eigenvalue weighted by Crippen LogP contribution is 2.25. The van der Waals surface area contributed by atoms with E-state index in [1.54, 1.807) is 19.1 Å². The zero-order valence-electron chi connectivity index (χ0n) is 11.0. The van der Waals surface area contributed by atoms with Crippen LogP contribution in [0.25, 0.3) is 0 Å². The van der Waals surface area contributed by atoms with E-state index in [1.807, 2.05) is 32.0 Å². The fraction of sp³-hybridized carbons (Fsp3) is 0.500. The molecule has 0 aliphatic heterocycles. The maximum atomic E-state index is 12.3. The quantitative estimate of drug-likeness (QED) is 0.832. The molecule has 0 bridgehead atoms. The number of benzene rings is 1. The molecule has 1 aromatic carbocycles. The zero-order valence-corrected chi connectivity index (χ0v) is 11.8. The Labute approximate surface area is 111 Å². The summed E-state index contributed by atoms with van der Waals surface area (Å²) >= 11 is 0. The summed E-state index contributed by atoms with van der Waals surface area (Å²) in [7, 11) is -1.38. The normalized spacial score (nSPS) is 17.5. The van der Waals surface area contributed by atoms with E-state index in [1.165, 1.54) is 0 Å². The first-order valence-corrected chi connectivity index (χ1v) is 7.26. The average Bonchev–Trinajstić information content (AvgIpc) is 2.38. The van der Waals surface area contributed by atoms with Gasteiger partial charge >= 0.3 is 0 Å². The Hall–Kier alpha value is -1.18. The van der Waals surface area contributed by atoms with Crippen molar-refractivity contribution in [3.8, 4) is 6.07 Å². The second-order valence-electron chi connectivity index (χ2n) is 4.54. The number of nitriles is 1. The number of aryl methyl sites for hydroxylation is 1. The van der Waals surface area contributed by atoms with Crippen molar-refractivity contribution in [1.82, 2.24) is 0 Å². The van der Waals surface area contributed by atoms with E-state index in [-0.39, 0.29) is 0 Å². The molecule has 0 saturated carbocycles. The molecule has 1 aromatic rings. The van der Waals surface area contributed by atoms with Crippen LogP contribution >= 0.6 is 0 Å². The maximum Gasteiger partial charge on any atom is 0.165 e. The minimum Gasteiger partial charge on any atom is -0.374 e. The molecule has 18 heavy (non-hydrogen) atoms. The molecule has 1 N–H and O–H groups in total. The Morgan fingerprint density at radius 1 is 1.44 bits per heavy atom. The Kier molecular flexibility index (Phi) is 5.06. The fourth-order valence-corrected chi connectivity index (χ4v) is 3.12. The van der Waals surface area contributed by atoms with Crippen molar-refractivity contribution in [1.29, 1.82) is 5.26 Å². The van der Waals surface area contributed by atoms with Crippen molar-refractivity contribution in [2.45, 2.75) is 49.4 Å². The molecule has 0 radical (unpaired) electrons. The van der Waals surface area contributed by atoms with Gasteiger partial charge in [0.1, 0.15) is 0 Å². The van der Waals surface area contributed by atoms with E-state index < -0.39 is 21.7 Å². The Morgan fingerprint density at radius 2 is 2.00 bits per heavy atom. The predicted molar refractivity (Wildman–Crippen MR) is 72.5 cm³/mol. The summed E-state index contributed by atoms with van der Waals surface area (Å²) in [6.45, 7) is 5.51. The zero-order chi connectivity index (χ0) is 13.8. The van der Waals surface area contributed by atoms with Gasteiger partial charge in [0.05, 0.1) is 22.1 Å². The predicted octanol–water partition coefficient (Wildman–Crippen LogP) is 2.55. The molecular formula is C14H19NO2S. The van der Waals surface area contributed by atoms with Gasteiger partial charge in [0.2, 0.25) is 0 Å². The second-order valence-corrected chi connectivity index (χ2v) is 6.31. The van der Waals surface area contributed by atoms with Crippen molar-refractivity contribution < 1.29 is 9.32 Å². The van der Waals surface area contributed by atoms with Crippen LogP contribution in [0.15, 0.2) is 29.2 Å². The van der Waals surface area contributed by atoms with Crippen molar-refractivity contribution >= 4 is 10.8 Å². The van der Waals surface area contributed by atoms with Crippen LogP contribution in [0.3, 0.4) is 0 Å². The molecule has 0 heterocycles. The van der Waals surface area contributed by atoms with Crippen molar-refractivity contribution in [3.63, 3.8) is 0 Å². The highest BCUT2D eigenvalue weighted by Gasteiger charge is 2.37. The molecule has 0 fully saturated rings. The lowest BCUT2D eigenvalue weighted by Gasteiger charge is -2.26. The molecule has 4 heteroatoms. The van der Waals surface area contributed by atoms with Gasteiger partial charge in [-0.05, 0) is 32.4 Å². The Bertz CT molecular complexity index is 464. The van der Waals surface area contributed by atoms with Crippen molar-refractivity contribution in [2.24, 2.45) is 0 Å². The van der Waals surface area contributed by atoms with Gasteiger partial charge in [-0.3, -0.25) is 4.21 Å². The number of hydrogen-bond acceptors (Lipinski definition) is 3. The molecule has 3 nitrogen and oxygen atoms in total. The fourth-order valence-electron chi connectivity index (χ4n) is 1.78. The smallest absolute Gasteiger partial charge is 0.165 e. The second kappa shape index (κ2) is 6.12. The van der Waals surface area contributed by atoms with E-state index >= 15 is 0 Å². The highest BCUT2D eigenvalue weighted by atomic mass is 32.2. The number of rotatable bonds is 5. The van der Waals surface area contributed by atoms with Crippen molar-refractivity contribution in [2.75, 3.05) is 0 Å². The standard InChI is InChI=1S/C14H19NO2S/c1-4-9-14(16,10-15)12(3)18(17)13-7-5-11(2)6-8-13/h5-8,12,16H,4,9H2,1-3H3. The van der Waals surface area contributed by atoms with Gasteiger partial charge in [0.15, 0.2) is 5.60 Å². The van der Waals surface area contributed by atoms with Gasteiger partial charge < -0.3 is 5.11 Å². The molecule has 0 spiro atoms. The topological polar surface area (TPSA) is 61.1 Å². The monoisotopic (exact) mass is 265 g/mol. The van der Waals surface area contributed by atoms with Crippen LogP contribution in [0.2, 0.25) is 0 Å². The molecule has 0 saturated heterocycles. The Morgan fingerprint density at radius 3 is 2.44 bits per heavy atom. The van der Waals surface area contributed by atoms with Crippen LogP contribution in [0.5, 0.6) is 0 Å². The summed E-state index contributed by atoms with van der Waals surface area (Å²) in [5, 5.41) is 18.7. The van der Waals surface area contributed by atoms with E-state index in [0.29, 0.717) is 17.7 Å². The third-order valence-electron chi connectivity index (χ3n) is 3.07. The SMILES string of the molecule is CCCC(O)(C#N)C(C)S(=O)c1ccc(C)cc1. The lowest BCUT2D eigenvalue weighted by molar-refractivity contribution is 0.0889. The van der Waals surface area contributed by atoms with Gasteiger partial charge in [-0.15, -0.1) is 0 Å². The van der Waals surface area contributed by atoms with E-state index in [2.05, 4.69) is 0 Å². The third-order valence-corrected chi connectivity index (χ3v) is 4.84. The molecule has 3 unspecified atom stereocenters. The van der Waals surface area contributed by atoms with Gasteiger partial charge in [-0.25, -0.2) is 0 Å². The van der Waals surface area contributed by atoms with E-state index in [0.717, 1.165) is 5.56 Å². The highest BCUT2D eigenvalue weighted by molar-refractivity contribution is 7.85. The maximum absolute atomic E-state index is 12.3. The van der Waals surface area contributed by atoms with Crippen LogP contribution in [-0.4, -0.2) is 20.2 Å². The van der Waals surface area contributed by atoms with E-state index in [9.17, 15) is 9.32 Å². The molecule has 98 valence electrons. The summed E-state index contributed by atoms with van der Waals surface area (Å²) < 4.78 is 12.3. The van der Waals surface area contributed by atoms with Crippen molar-refractivity contribution in [3.05, 3.63) is 29.8 Å². The lowest BCUT2D eigenvalue weighted by atomic mass is 9.96. The van der Waals surface area contributed by atoms with Gasteiger partial charge in [0.25, 0.3) is 0 Å². The molecule has 1 rings (SSSR count). The largest absolute Gasteiger partial charge is 0.374 e. The summed E-state index contributed by atoms with van der Waals surface area (Å²) in [5.74, 6) is 0. The van der Waals surface area contributed by atoms with Gasteiger partial charge in [0, 0.05) is 4.90 Å². The first kappa shape index (κ1) is 14.9. The van der Waals surface area contributed by atoms with Gasteiger partial charge in [-0.2, -0.15) is 5.26 Å². The molecule has 3 atom stereocenters. The number of nitrogens with zero attached hydrogens (tertiary/aromatic N) is 1. The summed E-state index contributed by atoms with van der Waals surface area (Å²) in [6.07, 6.45) is 1.02. The molecular weight excluding hydrogens is 246 g/mol. The number of hydrogen-bond donors (Lipinski definition) is 1. The third kappa shape index (κ3) is 3.18. The van der Waals surface area contributed by atoms with Crippen LogP contribution < -0.4 is 0 Å². The molecule has 0 amide bonds. The minimum absolute atomic E-state index is 0.336. The summed E-state index contributed by atoms with van der Waals surface area (Å²) in [4.78, 5) is 0.651. The van der Waals surface area contributed by atoms with Crippen LogP contribution in [0.1, 0.15) is 32.3 Å². The van der Waals surface area contributed by atoms with Crippen LogP contribution in [0.4, 0.5) is 0 Å². The molecule has 0 aliphatic carbocycles. The minimum atomic E-state index is -1.52. The molecule has 0 aliphatic rings.